The first kappa shape index (κ1) is 12.5. The van der Waals surface area contributed by atoms with Crippen molar-refractivity contribution in [2.75, 3.05) is 38.3 Å². The third-order valence-electron chi connectivity index (χ3n) is 2.65. The highest BCUT2D eigenvalue weighted by Gasteiger charge is 2.14. The van der Waals surface area contributed by atoms with Gasteiger partial charge < -0.3 is 20.5 Å². The van der Waals surface area contributed by atoms with E-state index in [0.717, 1.165) is 41.8 Å². The molecule has 17 heavy (non-hydrogen) atoms. The molecule has 1 fully saturated rings. The normalized spacial score (nSPS) is 20.2. The number of nitrogen functional groups attached to an aromatic ring is 1. The van der Waals surface area contributed by atoms with E-state index in [4.69, 9.17) is 15.2 Å². The number of hydrogen-bond donors (Lipinski definition) is 2. The Morgan fingerprint density at radius 3 is 3.18 bits per heavy atom. The Labute approximate surface area is 106 Å². The molecular weight excluding hydrogens is 236 g/mol. The van der Waals surface area contributed by atoms with Gasteiger partial charge in [-0.2, -0.15) is 0 Å². The summed E-state index contributed by atoms with van der Waals surface area (Å²) < 4.78 is 10.8. The maximum Gasteiger partial charge on any atom is 0.120 e. The van der Waals surface area contributed by atoms with Crippen molar-refractivity contribution in [3.05, 3.63) is 18.2 Å². The van der Waals surface area contributed by atoms with Gasteiger partial charge in [-0.15, -0.1) is 11.8 Å². The van der Waals surface area contributed by atoms with Crippen molar-refractivity contribution in [1.82, 2.24) is 5.32 Å². The highest BCUT2D eigenvalue weighted by Crippen LogP contribution is 2.29. The Morgan fingerprint density at radius 2 is 2.47 bits per heavy atom. The molecule has 4 nitrogen and oxygen atoms in total. The Hall–Kier alpha value is -0.910. The number of nitrogens with two attached hydrogens (primary N) is 1. The van der Waals surface area contributed by atoms with Crippen LogP contribution in [-0.4, -0.2) is 38.7 Å². The minimum Gasteiger partial charge on any atom is -0.497 e. The second-order valence-electron chi connectivity index (χ2n) is 3.91. The summed E-state index contributed by atoms with van der Waals surface area (Å²) in [6.07, 6.45) is 0.263. The SMILES string of the molecule is COc1ccc(N)c(SCC2CNCCO2)c1. The van der Waals surface area contributed by atoms with Gasteiger partial charge in [-0.25, -0.2) is 0 Å². The van der Waals surface area contributed by atoms with Crippen LogP contribution >= 0.6 is 11.8 Å². The van der Waals surface area contributed by atoms with Crippen molar-refractivity contribution >= 4 is 17.4 Å². The van der Waals surface area contributed by atoms with Crippen molar-refractivity contribution in [3.8, 4) is 5.75 Å². The highest BCUT2D eigenvalue weighted by molar-refractivity contribution is 7.99. The topological polar surface area (TPSA) is 56.5 Å². The molecule has 0 amide bonds. The molecule has 0 radical (unpaired) electrons. The first-order valence-corrected chi connectivity index (χ1v) is 6.67. The summed E-state index contributed by atoms with van der Waals surface area (Å²) in [4.78, 5) is 1.05. The third kappa shape index (κ3) is 3.52. The minimum absolute atomic E-state index is 0.263. The van der Waals surface area contributed by atoms with Crippen molar-refractivity contribution in [3.63, 3.8) is 0 Å². The number of morpholine rings is 1. The van der Waals surface area contributed by atoms with Gasteiger partial charge in [0.1, 0.15) is 5.75 Å². The molecule has 1 atom stereocenters. The lowest BCUT2D eigenvalue weighted by Gasteiger charge is -2.23. The van der Waals surface area contributed by atoms with Gasteiger partial charge in [0.15, 0.2) is 0 Å². The van der Waals surface area contributed by atoms with E-state index in [9.17, 15) is 0 Å². The molecule has 1 aromatic carbocycles. The lowest BCUT2D eigenvalue weighted by molar-refractivity contribution is 0.0441. The smallest absolute Gasteiger partial charge is 0.120 e. The summed E-state index contributed by atoms with van der Waals surface area (Å²) in [6.45, 7) is 2.65. The van der Waals surface area contributed by atoms with Gasteiger partial charge >= 0.3 is 0 Å². The zero-order valence-corrected chi connectivity index (χ0v) is 10.8. The Bertz CT molecular complexity index is 368. The number of hydrogen-bond acceptors (Lipinski definition) is 5. The molecule has 1 aromatic rings. The van der Waals surface area contributed by atoms with Gasteiger partial charge in [-0.1, -0.05) is 0 Å². The van der Waals surface area contributed by atoms with Crippen LogP contribution in [0.5, 0.6) is 5.75 Å². The summed E-state index contributed by atoms with van der Waals surface area (Å²) in [5, 5.41) is 3.31. The van der Waals surface area contributed by atoms with E-state index in [1.54, 1.807) is 18.9 Å². The zero-order chi connectivity index (χ0) is 12.1. The molecule has 1 saturated heterocycles. The molecule has 94 valence electrons. The minimum atomic E-state index is 0.263. The summed E-state index contributed by atoms with van der Waals surface area (Å²) in [7, 11) is 1.66. The van der Waals surface area contributed by atoms with E-state index in [1.807, 2.05) is 18.2 Å². The number of nitrogens with one attached hydrogen (secondary N) is 1. The highest BCUT2D eigenvalue weighted by atomic mass is 32.2. The van der Waals surface area contributed by atoms with E-state index in [0.29, 0.717) is 0 Å². The van der Waals surface area contributed by atoms with E-state index >= 15 is 0 Å². The molecule has 1 unspecified atom stereocenters. The predicted molar refractivity (Wildman–Crippen MR) is 70.7 cm³/mol. The first-order chi connectivity index (χ1) is 8.29. The third-order valence-corrected chi connectivity index (χ3v) is 3.85. The molecule has 0 aliphatic carbocycles. The molecule has 1 aliphatic heterocycles. The van der Waals surface area contributed by atoms with Crippen LogP contribution in [0.4, 0.5) is 5.69 Å². The van der Waals surface area contributed by atoms with E-state index < -0.39 is 0 Å². The van der Waals surface area contributed by atoms with Gasteiger partial charge in [-0.05, 0) is 18.2 Å². The summed E-state index contributed by atoms with van der Waals surface area (Å²) >= 11 is 1.71. The van der Waals surface area contributed by atoms with E-state index in [1.165, 1.54) is 0 Å². The molecule has 2 rings (SSSR count). The second kappa shape index (κ2) is 6.14. The van der Waals surface area contributed by atoms with Crippen molar-refractivity contribution < 1.29 is 9.47 Å². The predicted octanol–water partition coefficient (Wildman–Crippen LogP) is 1.36. The van der Waals surface area contributed by atoms with Crippen LogP contribution in [-0.2, 0) is 4.74 Å². The Kier molecular flexibility index (Phi) is 4.53. The van der Waals surface area contributed by atoms with Gasteiger partial charge in [0, 0.05) is 29.4 Å². The molecule has 3 N–H and O–H groups in total. The molecule has 5 heteroatoms. The van der Waals surface area contributed by atoms with Crippen LogP contribution in [0.25, 0.3) is 0 Å². The monoisotopic (exact) mass is 254 g/mol. The number of rotatable bonds is 4. The number of ether oxygens (including phenoxy) is 2. The van der Waals surface area contributed by atoms with E-state index in [2.05, 4.69) is 5.32 Å². The summed E-state index contributed by atoms with van der Waals surface area (Å²) in [5.41, 5.74) is 6.72. The van der Waals surface area contributed by atoms with Gasteiger partial charge in [0.25, 0.3) is 0 Å². The van der Waals surface area contributed by atoms with Gasteiger partial charge in [0.05, 0.1) is 19.8 Å². The maximum absolute atomic E-state index is 5.93. The Morgan fingerprint density at radius 1 is 1.59 bits per heavy atom. The van der Waals surface area contributed by atoms with Crippen molar-refractivity contribution in [2.45, 2.75) is 11.0 Å². The number of methoxy groups -OCH3 is 1. The molecule has 1 heterocycles. The summed E-state index contributed by atoms with van der Waals surface area (Å²) in [5.74, 6) is 1.74. The fourth-order valence-corrected chi connectivity index (χ4v) is 2.69. The van der Waals surface area contributed by atoms with Crippen molar-refractivity contribution in [1.29, 1.82) is 0 Å². The average Bonchev–Trinajstić information content (AvgIpc) is 2.39. The summed E-state index contributed by atoms with van der Waals surface area (Å²) in [6, 6.07) is 5.72. The Balaban J connectivity index is 1.92. The largest absolute Gasteiger partial charge is 0.497 e. The lowest BCUT2D eigenvalue weighted by atomic mass is 10.3. The first-order valence-electron chi connectivity index (χ1n) is 5.68. The van der Waals surface area contributed by atoms with Crippen LogP contribution in [0.1, 0.15) is 0 Å². The molecule has 0 bridgehead atoms. The van der Waals surface area contributed by atoms with E-state index in [-0.39, 0.29) is 6.10 Å². The number of anilines is 1. The van der Waals surface area contributed by atoms with Crippen LogP contribution in [0.2, 0.25) is 0 Å². The van der Waals surface area contributed by atoms with Gasteiger partial charge in [0.2, 0.25) is 0 Å². The van der Waals surface area contributed by atoms with Crippen LogP contribution < -0.4 is 15.8 Å². The number of benzene rings is 1. The molecule has 0 saturated carbocycles. The second-order valence-corrected chi connectivity index (χ2v) is 4.97. The molecule has 1 aliphatic rings. The fourth-order valence-electron chi connectivity index (χ4n) is 1.68. The standard InChI is InChI=1S/C12H18N2O2S/c1-15-9-2-3-11(13)12(6-9)17-8-10-7-14-4-5-16-10/h2-3,6,10,14H,4-5,7-8,13H2,1H3. The lowest BCUT2D eigenvalue weighted by Crippen LogP contribution is -2.39. The molecule has 0 spiro atoms. The maximum atomic E-state index is 5.93. The van der Waals surface area contributed by atoms with Crippen molar-refractivity contribution in [2.24, 2.45) is 0 Å². The zero-order valence-electron chi connectivity index (χ0n) is 9.94. The average molecular weight is 254 g/mol. The molecular formula is C12H18N2O2S. The number of thioether (sulfide) groups is 1. The quantitative estimate of drug-likeness (QED) is 0.627. The van der Waals surface area contributed by atoms with Crippen LogP contribution in [0.15, 0.2) is 23.1 Å². The van der Waals surface area contributed by atoms with Crippen LogP contribution in [0, 0.1) is 0 Å². The fraction of sp³-hybridized carbons (Fsp3) is 0.500. The molecule has 0 aromatic heterocycles. The van der Waals surface area contributed by atoms with Crippen LogP contribution in [0.3, 0.4) is 0 Å². The van der Waals surface area contributed by atoms with Gasteiger partial charge in [-0.3, -0.25) is 0 Å².